The molecule has 0 unspecified atom stereocenters. The maximum absolute atomic E-state index is 12.0. The number of hydrogen-bond acceptors (Lipinski definition) is 3. The van der Waals surface area contributed by atoms with Gasteiger partial charge in [-0.2, -0.15) is 0 Å². The van der Waals surface area contributed by atoms with Crippen LogP contribution >= 0.6 is 0 Å². The van der Waals surface area contributed by atoms with Crippen molar-refractivity contribution in [3.05, 3.63) is 71.8 Å². The van der Waals surface area contributed by atoms with E-state index in [1.807, 2.05) is 39.0 Å². The van der Waals surface area contributed by atoms with Crippen molar-refractivity contribution in [3.63, 3.8) is 0 Å². The van der Waals surface area contributed by atoms with E-state index in [1.54, 1.807) is 42.5 Å². The fourth-order valence-electron chi connectivity index (χ4n) is 1.78. The molecule has 0 saturated carbocycles. The number of carbonyl (C=O) groups excluding carboxylic acids is 2. The molecule has 0 saturated heterocycles. The molecule has 23 heavy (non-hydrogen) atoms. The molecule has 0 bridgehead atoms. The Morgan fingerprint density at radius 2 is 1.52 bits per heavy atom. The van der Waals surface area contributed by atoms with Crippen molar-refractivity contribution in [2.24, 2.45) is 5.41 Å². The SMILES string of the molecule is CC(C)(C)C(=O)Oc1ccc(C=CC(=O)c2ccccc2)cc1. The number of benzene rings is 2. The second-order valence-corrected chi connectivity index (χ2v) is 6.27. The Bertz CT molecular complexity index is 705. The van der Waals surface area contributed by atoms with E-state index in [1.165, 1.54) is 6.08 Å². The first-order chi connectivity index (χ1) is 10.9. The molecule has 0 N–H and O–H groups in total. The largest absolute Gasteiger partial charge is 0.426 e. The fourth-order valence-corrected chi connectivity index (χ4v) is 1.78. The zero-order valence-corrected chi connectivity index (χ0v) is 13.6. The van der Waals surface area contributed by atoms with E-state index in [-0.39, 0.29) is 11.8 Å². The van der Waals surface area contributed by atoms with Crippen LogP contribution in [0, 0.1) is 5.41 Å². The molecule has 3 nitrogen and oxygen atoms in total. The van der Waals surface area contributed by atoms with E-state index in [0.29, 0.717) is 11.3 Å². The van der Waals surface area contributed by atoms with Crippen molar-refractivity contribution in [2.75, 3.05) is 0 Å². The smallest absolute Gasteiger partial charge is 0.316 e. The van der Waals surface area contributed by atoms with Gasteiger partial charge >= 0.3 is 5.97 Å². The topological polar surface area (TPSA) is 43.4 Å². The number of esters is 1. The van der Waals surface area contributed by atoms with Crippen molar-refractivity contribution < 1.29 is 14.3 Å². The average Bonchev–Trinajstić information content (AvgIpc) is 2.54. The molecule has 118 valence electrons. The lowest BCUT2D eigenvalue weighted by Gasteiger charge is -2.16. The number of carbonyl (C=O) groups is 2. The molecule has 0 spiro atoms. The molecule has 0 aliphatic heterocycles. The van der Waals surface area contributed by atoms with E-state index in [4.69, 9.17) is 4.74 Å². The van der Waals surface area contributed by atoms with Crippen LogP contribution in [0.4, 0.5) is 0 Å². The van der Waals surface area contributed by atoms with Crippen LogP contribution in [0.25, 0.3) is 6.08 Å². The van der Waals surface area contributed by atoms with Gasteiger partial charge in [0, 0.05) is 5.56 Å². The minimum absolute atomic E-state index is 0.0474. The first kappa shape index (κ1) is 16.7. The van der Waals surface area contributed by atoms with Gasteiger partial charge in [-0.3, -0.25) is 9.59 Å². The predicted octanol–water partition coefficient (Wildman–Crippen LogP) is 4.53. The molecule has 2 aromatic carbocycles. The van der Waals surface area contributed by atoms with E-state index in [9.17, 15) is 9.59 Å². The Morgan fingerprint density at radius 1 is 0.913 bits per heavy atom. The summed E-state index contributed by atoms with van der Waals surface area (Å²) in [6.07, 6.45) is 3.27. The van der Waals surface area contributed by atoms with Crippen LogP contribution in [0.3, 0.4) is 0 Å². The third-order valence-electron chi connectivity index (χ3n) is 3.19. The molecule has 0 fully saturated rings. The summed E-state index contributed by atoms with van der Waals surface area (Å²) in [4.78, 5) is 23.8. The minimum Gasteiger partial charge on any atom is -0.426 e. The molecular formula is C20H20O3. The molecule has 2 rings (SSSR count). The Kier molecular flexibility index (Phi) is 5.12. The molecule has 0 radical (unpaired) electrons. The first-order valence-electron chi connectivity index (χ1n) is 7.46. The number of rotatable bonds is 4. The van der Waals surface area contributed by atoms with Crippen LogP contribution in [-0.4, -0.2) is 11.8 Å². The first-order valence-corrected chi connectivity index (χ1v) is 7.46. The van der Waals surface area contributed by atoms with Gasteiger partial charge in [0.1, 0.15) is 5.75 Å². The standard InChI is InChI=1S/C20H20O3/c1-20(2,3)19(22)23-17-12-9-15(10-13-17)11-14-18(21)16-7-5-4-6-8-16/h4-14H,1-3H3. The van der Waals surface area contributed by atoms with E-state index < -0.39 is 5.41 Å². The molecule has 0 amide bonds. The van der Waals surface area contributed by atoms with Gasteiger partial charge in [-0.05, 0) is 44.5 Å². The Morgan fingerprint density at radius 3 is 2.09 bits per heavy atom. The van der Waals surface area contributed by atoms with Gasteiger partial charge in [-0.15, -0.1) is 0 Å². The van der Waals surface area contributed by atoms with Crippen molar-refractivity contribution in [2.45, 2.75) is 20.8 Å². The summed E-state index contributed by atoms with van der Waals surface area (Å²) < 4.78 is 5.30. The zero-order valence-electron chi connectivity index (χ0n) is 13.6. The molecule has 0 heterocycles. The highest BCUT2D eigenvalue weighted by molar-refractivity contribution is 6.06. The lowest BCUT2D eigenvalue weighted by atomic mass is 9.97. The lowest BCUT2D eigenvalue weighted by molar-refractivity contribution is -0.142. The molecule has 0 aliphatic carbocycles. The van der Waals surface area contributed by atoms with Crippen LogP contribution in [0.1, 0.15) is 36.7 Å². The number of hydrogen-bond donors (Lipinski definition) is 0. The van der Waals surface area contributed by atoms with Crippen LogP contribution in [-0.2, 0) is 4.79 Å². The van der Waals surface area contributed by atoms with Gasteiger partial charge in [0.2, 0.25) is 0 Å². The summed E-state index contributed by atoms with van der Waals surface area (Å²) in [5.74, 6) is 0.172. The summed E-state index contributed by atoms with van der Waals surface area (Å²) in [5.41, 5.74) is 0.977. The van der Waals surface area contributed by atoms with Gasteiger partial charge in [0.25, 0.3) is 0 Å². The van der Waals surface area contributed by atoms with E-state index in [0.717, 1.165) is 5.56 Å². The molecule has 0 atom stereocenters. The van der Waals surface area contributed by atoms with Crippen molar-refractivity contribution in [1.82, 2.24) is 0 Å². The Labute approximate surface area is 136 Å². The zero-order chi connectivity index (χ0) is 16.9. The van der Waals surface area contributed by atoms with E-state index >= 15 is 0 Å². The lowest BCUT2D eigenvalue weighted by Crippen LogP contribution is -2.25. The van der Waals surface area contributed by atoms with Crippen LogP contribution in [0.15, 0.2) is 60.7 Å². The molecule has 2 aromatic rings. The summed E-state index contributed by atoms with van der Waals surface area (Å²) in [6, 6.07) is 16.1. The second kappa shape index (κ2) is 7.05. The van der Waals surface area contributed by atoms with Crippen LogP contribution in [0.5, 0.6) is 5.75 Å². The quantitative estimate of drug-likeness (QED) is 0.360. The summed E-state index contributed by atoms with van der Waals surface area (Å²) in [5, 5.41) is 0. The summed E-state index contributed by atoms with van der Waals surface area (Å²) >= 11 is 0. The van der Waals surface area contributed by atoms with Gasteiger partial charge in [0.05, 0.1) is 5.41 Å². The Balaban J connectivity index is 2.01. The predicted molar refractivity (Wildman–Crippen MR) is 91.3 cm³/mol. The normalized spacial score (nSPS) is 11.4. The highest BCUT2D eigenvalue weighted by atomic mass is 16.5. The average molecular weight is 308 g/mol. The summed E-state index contributed by atoms with van der Waals surface area (Å²) in [7, 11) is 0. The second-order valence-electron chi connectivity index (χ2n) is 6.27. The van der Waals surface area contributed by atoms with Gasteiger partial charge in [-0.25, -0.2) is 0 Å². The molecule has 0 aromatic heterocycles. The van der Waals surface area contributed by atoms with Gasteiger partial charge in [0.15, 0.2) is 5.78 Å². The monoisotopic (exact) mass is 308 g/mol. The van der Waals surface area contributed by atoms with Crippen molar-refractivity contribution >= 4 is 17.8 Å². The highest BCUT2D eigenvalue weighted by Gasteiger charge is 2.23. The third-order valence-corrected chi connectivity index (χ3v) is 3.19. The molecule has 3 heteroatoms. The molecule has 0 aliphatic rings. The van der Waals surface area contributed by atoms with Crippen LogP contribution in [0.2, 0.25) is 0 Å². The van der Waals surface area contributed by atoms with Crippen molar-refractivity contribution in [3.8, 4) is 5.75 Å². The number of ketones is 1. The van der Waals surface area contributed by atoms with Gasteiger partial charge < -0.3 is 4.74 Å². The maximum Gasteiger partial charge on any atom is 0.316 e. The Hall–Kier alpha value is -2.68. The highest BCUT2D eigenvalue weighted by Crippen LogP contribution is 2.20. The van der Waals surface area contributed by atoms with E-state index in [2.05, 4.69) is 0 Å². The summed E-state index contributed by atoms with van der Waals surface area (Å²) in [6.45, 7) is 5.42. The molecular weight excluding hydrogens is 288 g/mol. The number of allylic oxidation sites excluding steroid dienone is 1. The maximum atomic E-state index is 12.0. The third kappa shape index (κ3) is 4.92. The minimum atomic E-state index is -0.541. The fraction of sp³-hybridized carbons (Fsp3) is 0.200. The number of ether oxygens (including phenoxy) is 1. The van der Waals surface area contributed by atoms with Crippen LogP contribution < -0.4 is 4.74 Å². The van der Waals surface area contributed by atoms with Crippen molar-refractivity contribution in [1.29, 1.82) is 0 Å². The van der Waals surface area contributed by atoms with Gasteiger partial charge in [-0.1, -0.05) is 48.5 Å².